The molecule has 0 aliphatic carbocycles. The maximum absolute atomic E-state index is 13.1. The highest BCUT2D eigenvalue weighted by molar-refractivity contribution is 7.92. The first-order valence-electron chi connectivity index (χ1n) is 8.27. The van der Waals surface area contributed by atoms with Gasteiger partial charge in [-0.2, -0.15) is 0 Å². The third-order valence-corrected chi connectivity index (χ3v) is 5.78. The molecule has 0 spiro atoms. The Hall–Kier alpha value is -2.94. The van der Waals surface area contributed by atoms with Gasteiger partial charge in [-0.3, -0.25) is 14.4 Å². The molecule has 2 rings (SSSR count). The summed E-state index contributed by atoms with van der Waals surface area (Å²) in [5.41, 5.74) is 0.864. The monoisotopic (exact) mass is 392 g/mol. The van der Waals surface area contributed by atoms with Crippen LogP contribution in [-0.4, -0.2) is 32.5 Å². The molecule has 0 atom stereocenters. The third kappa shape index (κ3) is 4.25. The normalized spacial score (nSPS) is 11.1. The fourth-order valence-corrected chi connectivity index (χ4v) is 4.14. The molecule has 0 saturated carbocycles. The molecule has 0 aromatic heterocycles. The average Bonchev–Trinajstić information content (AvgIpc) is 2.64. The molecule has 0 N–H and O–H groups in total. The molecular weight excluding hydrogens is 372 g/mol. The summed E-state index contributed by atoms with van der Waals surface area (Å²) >= 11 is 0. The van der Waals surface area contributed by atoms with Crippen molar-refractivity contribution in [2.45, 2.75) is 25.7 Å². The van der Waals surface area contributed by atoms with Gasteiger partial charge in [0.15, 0.2) is 0 Å². The summed E-state index contributed by atoms with van der Waals surface area (Å²) in [7, 11) is -4.06. The molecule has 27 heavy (non-hydrogen) atoms. The number of anilines is 1. The largest absolute Gasteiger partial charge is 0.462 e. The van der Waals surface area contributed by atoms with Gasteiger partial charge in [0.25, 0.3) is 15.7 Å². The highest BCUT2D eigenvalue weighted by Crippen LogP contribution is 2.29. The SMILES string of the molecule is CCOC(=O)c1ccc(C)c(N(CC)S(=O)(=O)c2cccc([N+](=O)[O-])c2)c1. The Balaban J connectivity index is 2.55. The van der Waals surface area contributed by atoms with Gasteiger partial charge < -0.3 is 4.74 Å². The molecule has 0 bridgehead atoms. The first-order chi connectivity index (χ1) is 12.7. The Morgan fingerprint density at radius 3 is 2.48 bits per heavy atom. The Labute approximate surface area is 157 Å². The molecule has 0 fully saturated rings. The molecule has 144 valence electrons. The Morgan fingerprint density at radius 2 is 1.89 bits per heavy atom. The smallest absolute Gasteiger partial charge is 0.338 e. The minimum atomic E-state index is -4.06. The molecule has 0 saturated heterocycles. The number of sulfonamides is 1. The lowest BCUT2D eigenvalue weighted by Crippen LogP contribution is -2.31. The fourth-order valence-electron chi connectivity index (χ4n) is 2.57. The number of non-ortho nitro benzene ring substituents is 1. The topological polar surface area (TPSA) is 107 Å². The number of carbonyl (C=O) groups is 1. The lowest BCUT2D eigenvalue weighted by molar-refractivity contribution is -0.385. The van der Waals surface area contributed by atoms with Crippen LogP contribution >= 0.6 is 0 Å². The maximum Gasteiger partial charge on any atom is 0.338 e. The van der Waals surface area contributed by atoms with Crippen molar-refractivity contribution in [2.24, 2.45) is 0 Å². The van der Waals surface area contributed by atoms with Crippen molar-refractivity contribution in [2.75, 3.05) is 17.5 Å². The molecule has 8 nitrogen and oxygen atoms in total. The van der Waals surface area contributed by atoms with Crippen LogP contribution in [0.1, 0.15) is 29.8 Å². The zero-order chi connectivity index (χ0) is 20.2. The van der Waals surface area contributed by atoms with Crippen molar-refractivity contribution in [3.05, 3.63) is 63.7 Å². The summed E-state index contributed by atoms with van der Waals surface area (Å²) in [6.07, 6.45) is 0. The second-order valence-electron chi connectivity index (χ2n) is 5.65. The van der Waals surface area contributed by atoms with E-state index in [1.807, 2.05) is 0 Å². The number of nitrogens with zero attached hydrogens (tertiary/aromatic N) is 2. The Morgan fingerprint density at radius 1 is 1.19 bits per heavy atom. The van der Waals surface area contributed by atoms with E-state index in [1.54, 1.807) is 32.9 Å². The predicted octanol–water partition coefficient (Wildman–Crippen LogP) is 3.30. The number of aryl methyl sites for hydroxylation is 1. The van der Waals surface area contributed by atoms with Crippen molar-refractivity contribution >= 4 is 27.4 Å². The molecule has 0 aliphatic heterocycles. The maximum atomic E-state index is 13.1. The van der Waals surface area contributed by atoms with Crippen LogP contribution in [0.2, 0.25) is 0 Å². The van der Waals surface area contributed by atoms with Gasteiger partial charge in [-0.25, -0.2) is 13.2 Å². The van der Waals surface area contributed by atoms with Crippen LogP contribution in [0.3, 0.4) is 0 Å². The molecule has 2 aromatic carbocycles. The minimum absolute atomic E-state index is 0.0815. The van der Waals surface area contributed by atoms with Gasteiger partial charge in [0, 0.05) is 18.7 Å². The number of nitro benzene ring substituents is 1. The van der Waals surface area contributed by atoms with E-state index < -0.39 is 20.9 Å². The molecule has 9 heteroatoms. The number of carbonyl (C=O) groups excluding carboxylic acids is 1. The molecule has 2 aromatic rings. The summed E-state index contributed by atoms with van der Waals surface area (Å²) < 4.78 is 32.3. The lowest BCUT2D eigenvalue weighted by atomic mass is 10.1. The van der Waals surface area contributed by atoms with E-state index in [9.17, 15) is 23.3 Å². The van der Waals surface area contributed by atoms with Gasteiger partial charge in [0.2, 0.25) is 0 Å². The van der Waals surface area contributed by atoms with Gasteiger partial charge in [0.05, 0.1) is 27.7 Å². The summed E-state index contributed by atoms with van der Waals surface area (Å²) in [6, 6.07) is 9.50. The highest BCUT2D eigenvalue weighted by Gasteiger charge is 2.27. The average molecular weight is 392 g/mol. The fraction of sp³-hybridized carbons (Fsp3) is 0.278. The summed E-state index contributed by atoms with van der Waals surface area (Å²) in [5, 5.41) is 11.0. The molecule has 0 heterocycles. The van der Waals surface area contributed by atoms with E-state index in [1.165, 1.54) is 24.3 Å². The van der Waals surface area contributed by atoms with Crippen LogP contribution in [0.5, 0.6) is 0 Å². The first-order valence-corrected chi connectivity index (χ1v) is 9.71. The van der Waals surface area contributed by atoms with Crippen molar-refractivity contribution in [1.82, 2.24) is 0 Å². The van der Waals surface area contributed by atoms with E-state index in [0.29, 0.717) is 11.3 Å². The second-order valence-corrected chi connectivity index (χ2v) is 7.51. The third-order valence-electron chi connectivity index (χ3n) is 3.89. The zero-order valence-electron chi connectivity index (χ0n) is 15.2. The van der Waals surface area contributed by atoms with Crippen LogP contribution in [0.4, 0.5) is 11.4 Å². The number of nitro groups is 1. The highest BCUT2D eigenvalue weighted by atomic mass is 32.2. The van der Waals surface area contributed by atoms with Crippen LogP contribution in [0.25, 0.3) is 0 Å². The standard InChI is InChI=1S/C18H20N2O6S/c1-4-19(17-11-14(10-9-13(17)3)18(21)26-5-2)27(24,25)16-8-6-7-15(12-16)20(22)23/h6-12H,4-5H2,1-3H3. The number of hydrogen-bond acceptors (Lipinski definition) is 6. The molecule has 0 unspecified atom stereocenters. The zero-order valence-corrected chi connectivity index (χ0v) is 16.0. The number of hydrogen-bond donors (Lipinski definition) is 0. The van der Waals surface area contributed by atoms with Gasteiger partial charge in [0.1, 0.15) is 0 Å². The molecule has 0 radical (unpaired) electrons. The molecule has 0 aliphatic rings. The summed E-state index contributed by atoms with van der Waals surface area (Å²) in [6.45, 7) is 5.32. The van der Waals surface area contributed by atoms with Gasteiger partial charge in [-0.15, -0.1) is 0 Å². The summed E-state index contributed by atoms with van der Waals surface area (Å²) in [5.74, 6) is -0.553. The Bertz CT molecular complexity index is 972. The van der Waals surface area contributed by atoms with E-state index in [0.717, 1.165) is 10.4 Å². The number of benzene rings is 2. The minimum Gasteiger partial charge on any atom is -0.462 e. The van der Waals surface area contributed by atoms with Gasteiger partial charge >= 0.3 is 5.97 Å². The second kappa shape index (κ2) is 8.17. The predicted molar refractivity (Wildman–Crippen MR) is 100 cm³/mol. The van der Waals surface area contributed by atoms with Crippen molar-refractivity contribution < 1.29 is 22.9 Å². The lowest BCUT2D eigenvalue weighted by Gasteiger charge is -2.25. The molecule has 0 amide bonds. The van der Waals surface area contributed by atoms with Gasteiger partial charge in [-0.05, 0) is 44.5 Å². The van der Waals surface area contributed by atoms with Crippen LogP contribution in [0, 0.1) is 17.0 Å². The van der Waals surface area contributed by atoms with Crippen molar-refractivity contribution in [3.63, 3.8) is 0 Å². The van der Waals surface area contributed by atoms with E-state index in [2.05, 4.69) is 0 Å². The number of ether oxygens (including phenoxy) is 1. The van der Waals surface area contributed by atoms with E-state index >= 15 is 0 Å². The number of rotatable bonds is 7. The van der Waals surface area contributed by atoms with Crippen LogP contribution in [-0.2, 0) is 14.8 Å². The van der Waals surface area contributed by atoms with Crippen molar-refractivity contribution in [3.8, 4) is 0 Å². The Kier molecular flexibility index (Phi) is 6.17. The van der Waals surface area contributed by atoms with Crippen molar-refractivity contribution in [1.29, 1.82) is 0 Å². The van der Waals surface area contributed by atoms with Gasteiger partial charge in [-0.1, -0.05) is 12.1 Å². The van der Waals surface area contributed by atoms with Crippen LogP contribution < -0.4 is 4.31 Å². The quantitative estimate of drug-likeness (QED) is 0.406. The first kappa shape index (κ1) is 20.4. The summed E-state index contributed by atoms with van der Waals surface area (Å²) in [4.78, 5) is 22.1. The van der Waals surface area contributed by atoms with E-state index in [-0.39, 0.29) is 29.3 Å². The van der Waals surface area contributed by atoms with E-state index in [4.69, 9.17) is 4.74 Å². The number of esters is 1. The van der Waals surface area contributed by atoms with Crippen LogP contribution in [0.15, 0.2) is 47.4 Å². The molecular formula is C18H20N2O6S.